The zero-order chi connectivity index (χ0) is 8.97. The van der Waals surface area contributed by atoms with E-state index in [0.29, 0.717) is 11.5 Å². The van der Waals surface area contributed by atoms with Crippen LogP contribution in [0.5, 0.6) is 0 Å². The molecule has 0 aliphatic carbocycles. The van der Waals surface area contributed by atoms with Gasteiger partial charge in [-0.2, -0.15) is 0 Å². The van der Waals surface area contributed by atoms with Crippen molar-refractivity contribution in [2.75, 3.05) is 12.4 Å². The molecule has 12 heavy (non-hydrogen) atoms. The number of aliphatic carboxylic acids is 1. The van der Waals surface area contributed by atoms with Gasteiger partial charge in [-0.05, 0) is 12.1 Å². The van der Waals surface area contributed by atoms with Crippen molar-refractivity contribution in [1.29, 1.82) is 0 Å². The van der Waals surface area contributed by atoms with E-state index in [-0.39, 0.29) is 6.42 Å². The van der Waals surface area contributed by atoms with Gasteiger partial charge < -0.3 is 10.4 Å². The number of hydrogen-bond donors (Lipinski definition) is 2. The molecule has 4 heteroatoms. The first kappa shape index (κ1) is 8.52. The molecule has 0 saturated heterocycles. The van der Waals surface area contributed by atoms with Gasteiger partial charge >= 0.3 is 5.97 Å². The second-order valence-electron chi connectivity index (χ2n) is 2.33. The Hall–Kier alpha value is -1.58. The molecule has 1 heterocycles. The second kappa shape index (κ2) is 3.71. The molecule has 0 atom stereocenters. The first-order valence-corrected chi connectivity index (χ1v) is 3.58. The van der Waals surface area contributed by atoms with Crippen LogP contribution in [0.3, 0.4) is 0 Å². The molecular weight excluding hydrogens is 156 g/mol. The van der Waals surface area contributed by atoms with E-state index in [1.165, 1.54) is 0 Å². The van der Waals surface area contributed by atoms with Gasteiger partial charge in [0.05, 0.1) is 12.1 Å². The van der Waals surface area contributed by atoms with Gasteiger partial charge in [0, 0.05) is 7.05 Å². The minimum Gasteiger partial charge on any atom is -0.481 e. The molecule has 1 aromatic rings. The Morgan fingerprint density at radius 2 is 2.42 bits per heavy atom. The summed E-state index contributed by atoms with van der Waals surface area (Å²) in [7, 11) is 1.74. The summed E-state index contributed by atoms with van der Waals surface area (Å²) in [6, 6.07) is 5.25. The number of aromatic nitrogens is 1. The Morgan fingerprint density at radius 3 is 3.00 bits per heavy atom. The summed E-state index contributed by atoms with van der Waals surface area (Å²) in [5.41, 5.74) is 0.564. The number of carbonyl (C=O) groups is 1. The van der Waals surface area contributed by atoms with Crippen LogP contribution < -0.4 is 5.32 Å². The van der Waals surface area contributed by atoms with Gasteiger partial charge in [-0.25, -0.2) is 4.98 Å². The number of hydrogen-bond acceptors (Lipinski definition) is 3. The van der Waals surface area contributed by atoms with Crippen LogP contribution in [0.4, 0.5) is 5.82 Å². The van der Waals surface area contributed by atoms with Crippen molar-refractivity contribution in [1.82, 2.24) is 4.98 Å². The highest BCUT2D eigenvalue weighted by molar-refractivity contribution is 5.69. The van der Waals surface area contributed by atoms with E-state index in [1.807, 2.05) is 0 Å². The largest absolute Gasteiger partial charge is 0.481 e. The van der Waals surface area contributed by atoms with E-state index in [4.69, 9.17) is 5.11 Å². The highest BCUT2D eigenvalue weighted by Gasteiger charge is 2.01. The Labute approximate surface area is 70.3 Å². The molecule has 0 bridgehead atoms. The van der Waals surface area contributed by atoms with E-state index >= 15 is 0 Å². The summed E-state index contributed by atoms with van der Waals surface area (Å²) in [4.78, 5) is 14.3. The second-order valence-corrected chi connectivity index (χ2v) is 2.33. The number of carboxylic acids is 1. The van der Waals surface area contributed by atoms with Gasteiger partial charge in [0.2, 0.25) is 0 Å². The highest BCUT2D eigenvalue weighted by atomic mass is 16.4. The molecule has 1 aromatic heterocycles. The average molecular weight is 166 g/mol. The lowest BCUT2D eigenvalue weighted by atomic mass is 10.3. The van der Waals surface area contributed by atoms with Crippen LogP contribution in [-0.4, -0.2) is 23.1 Å². The molecule has 0 radical (unpaired) electrons. The minimum absolute atomic E-state index is 0.0322. The number of pyridine rings is 1. The van der Waals surface area contributed by atoms with Gasteiger partial charge in [-0.3, -0.25) is 4.79 Å². The molecule has 0 spiro atoms. The van der Waals surface area contributed by atoms with Gasteiger partial charge in [0.15, 0.2) is 0 Å². The average Bonchev–Trinajstić information content (AvgIpc) is 2.03. The lowest BCUT2D eigenvalue weighted by molar-refractivity contribution is -0.136. The fraction of sp³-hybridized carbons (Fsp3) is 0.250. The molecule has 0 amide bonds. The minimum atomic E-state index is -0.865. The van der Waals surface area contributed by atoms with Crippen LogP contribution in [-0.2, 0) is 11.2 Å². The Kier molecular flexibility index (Phi) is 2.63. The van der Waals surface area contributed by atoms with Crippen LogP contribution in [0, 0.1) is 0 Å². The van der Waals surface area contributed by atoms with Crippen molar-refractivity contribution in [3.63, 3.8) is 0 Å². The third kappa shape index (κ3) is 2.23. The summed E-state index contributed by atoms with van der Waals surface area (Å²) in [6.07, 6.45) is -0.0322. The third-order valence-electron chi connectivity index (χ3n) is 1.40. The standard InChI is InChI=1S/C8H10N2O2/c1-9-7-4-2-3-6(10-7)5-8(11)12/h2-4H,5H2,1H3,(H,9,10)(H,11,12). The monoisotopic (exact) mass is 166 g/mol. The molecule has 0 aliphatic rings. The van der Waals surface area contributed by atoms with E-state index in [9.17, 15) is 4.79 Å². The fourth-order valence-electron chi connectivity index (χ4n) is 0.872. The molecule has 4 nitrogen and oxygen atoms in total. The van der Waals surface area contributed by atoms with Gasteiger partial charge in [-0.15, -0.1) is 0 Å². The van der Waals surface area contributed by atoms with E-state index in [1.54, 1.807) is 25.2 Å². The topological polar surface area (TPSA) is 62.2 Å². The molecule has 0 aromatic carbocycles. The zero-order valence-corrected chi connectivity index (χ0v) is 6.74. The van der Waals surface area contributed by atoms with Gasteiger partial charge in [-0.1, -0.05) is 6.07 Å². The van der Waals surface area contributed by atoms with Crippen LogP contribution >= 0.6 is 0 Å². The number of nitrogens with one attached hydrogen (secondary N) is 1. The number of rotatable bonds is 3. The quantitative estimate of drug-likeness (QED) is 0.695. The van der Waals surface area contributed by atoms with Crippen molar-refractivity contribution in [3.8, 4) is 0 Å². The smallest absolute Gasteiger partial charge is 0.309 e. The fourth-order valence-corrected chi connectivity index (χ4v) is 0.872. The summed E-state index contributed by atoms with van der Waals surface area (Å²) >= 11 is 0. The number of anilines is 1. The van der Waals surface area contributed by atoms with Crippen LogP contribution in [0.25, 0.3) is 0 Å². The maximum absolute atomic E-state index is 10.3. The molecule has 0 aliphatic heterocycles. The predicted molar refractivity (Wildman–Crippen MR) is 45.1 cm³/mol. The maximum Gasteiger partial charge on any atom is 0.309 e. The SMILES string of the molecule is CNc1cccc(CC(=O)O)n1. The normalized spacial score (nSPS) is 9.42. The van der Waals surface area contributed by atoms with Crippen LogP contribution in [0.1, 0.15) is 5.69 Å². The van der Waals surface area contributed by atoms with Crippen molar-refractivity contribution in [3.05, 3.63) is 23.9 Å². The summed E-state index contributed by atoms with van der Waals surface area (Å²) in [5, 5.41) is 11.3. The van der Waals surface area contributed by atoms with Crippen molar-refractivity contribution in [2.45, 2.75) is 6.42 Å². The number of carboxylic acid groups (broad SMARTS) is 1. The van der Waals surface area contributed by atoms with E-state index in [0.717, 1.165) is 0 Å². The lowest BCUT2D eigenvalue weighted by Crippen LogP contribution is -2.03. The number of nitrogens with zero attached hydrogens (tertiary/aromatic N) is 1. The molecule has 0 fully saturated rings. The van der Waals surface area contributed by atoms with E-state index < -0.39 is 5.97 Å². The summed E-state index contributed by atoms with van der Waals surface area (Å²) in [5.74, 6) is -0.176. The Morgan fingerprint density at radius 1 is 1.67 bits per heavy atom. The Balaban J connectivity index is 2.79. The molecule has 0 unspecified atom stereocenters. The van der Waals surface area contributed by atoms with Crippen molar-refractivity contribution >= 4 is 11.8 Å². The van der Waals surface area contributed by atoms with Crippen LogP contribution in [0.2, 0.25) is 0 Å². The van der Waals surface area contributed by atoms with Crippen molar-refractivity contribution < 1.29 is 9.90 Å². The molecule has 64 valence electrons. The summed E-state index contributed by atoms with van der Waals surface area (Å²) in [6.45, 7) is 0. The predicted octanol–water partition coefficient (Wildman–Crippen LogP) is 0.750. The molecule has 1 rings (SSSR count). The molecule has 0 saturated carbocycles. The van der Waals surface area contributed by atoms with E-state index in [2.05, 4.69) is 10.3 Å². The van der Waals surface area contributed by atoms with Crippen LogP contribution in [0.15, 0.2) is 18.2 Å². The van der Waals surface area contributed by atoms with Gasteiger partial charge in [0.1, 0.15) is 5.82 Å². The third-order valence-corrected chi connectivity index (χ3v) is 1.40. The molecule has 2 N–H and O–H groups in total. The maximum atomic E-state index is 10.3. The van der Waals surface area contributed by atoms with Crippen molar-refractivity contribution in [2.24, 2.45) is 0 Å². The zero-order valence-electron chi connectivity index (χ0n) is 6.74. The van der Waals surface area contributed by atoms with Gasteiger partial charge in [0.25, 0.3) is 0 Å². The lowest BCUT2D eigenvalue weighted by Gasteiger charge is -2.00. The highest BCUT2D eigenvalue weighted by Crippen LogP contribution is 2.03. The summed E-state index contributed by atoms with van der Waals surface area (Å²) < 4.78 is 0. The first-order chi connectivity index (χ1) is 5.72. The first-order valence-electron chi connectivity index (χ1n) is 3.58. The Bertz CT molecular complexity index is 286. The molecular formula is C8H10N2O2.